The molecule has 4 aromatic rings. The fourth-order valence-corrected chi connectivity index (χ4v) is 4.44. The second-order valence-corrected chi connectivity index (χ2v) is 7.28. The Labute approximate surface area is 147 Å². The van der Waals surface area contributed by atoms with Gasteiger partial charge in [-0.15, -0.1) is 0 Å². The van der Waals surface area contributed by atoms with Crippen molar-refractivity contribution in [1.82, 2.24) is 5.32 Å². The zero-order valence-electron chi connectivity index (χ0n) is 14.2. The zero-order chi connectivity index (χ0) is 16.8. The molecule has 1 saturated carbocycles. The molecule has 0 radical (unpaired) electrons. The molecule has 0 heterocycles. The Morgan fingerprint density at radius 3 is 2.16 bits per heavy atom. The average molecular weight is 327 g/mol. The maximum atomic E-state index is 12.9. The van der Waals surface area contributed by atoms with Gasteiger partial charge in [-0.25, -0.2) is 0 Å². The van der Waals surface area contributed by atoms with Gasteiger partial charge in [-0.1, -0.05) is 67.8 Å². The van der Waals surface area contributed by atoms with Crippen LogP contribution in [-0.4, -0.2) is 11.9 Å². The van der Waals surface area contributed by atoms with Gasteiger partial charge < -0.3 is 5.32 Å². The van der Waals surface area contributed by atoms with Crippen LogP contribution in [0.3, 0.4) is 0 Å². The Morgan fingerprint density at radius 1 is 0.760 bits per heavy atom. The van der Waals surface area contributed by atoms with Gasteiger partial charge in [-0.3, -0.25) is 4.79 Å². The topological polar surface area (TPSA) is 29.1 Å². The van der Waals surface area contributed by atoms with Crippen molar-refractivity contribution >= 4 is 38.2 Å². The minimum absolute atomic E-state index is 0.0739. The maximum Gasteiger partial charge on any atom is 0.252 e. The summed E-state index contributed by atoms with van der Waals surface area (Å²) in [6.07, 6.45) is 5.97. The minimum atomic E-state index is 0.0739. The molecule has 0 atom stereocenters. The standard InChI is InChI=1S/C23H21NO/c25-23(24-18-7-2-1-3-8-18)20-14-12-17-10-9-15-5-4-6-16-11-13-19(20)22(17)21(15)16/h4-6,9-14,18H,1-3,7-8H2,(H,24,25). The van der Waals surface area contributed by atoms with Crippen molar-refractivity contribution in [2.24, 2.45) is 0 Å². The van der Waals surface area contributed by atoms with Crippen molar-refractivity contribution in [3.8, 4) is 0 Å². The van der Waals surface area contributed by atoms with E-state index in [0.717, 1.165) is 23.8 Å². The summed E-state index contributed by atoms with van der Waals surface area (Å²) in [4.78, 5) is 12.9. The molecule has 2 heteroatoms. The van der Waals surface area contributed by atoms with Crippen molar-refractivity contribution in [3.63, 3.8) is 0 Å². The largest absolute Gasteiger partial charge is 0.349 e. The van der Waals surface area contributed by atoms with E-state index < -0.39 is 0 Å². The number of carbonyl (C=O) groups is 1. The molecule has 0 unspecified atom stereocenters. The summed E-state index contributed by atoms with van der Waals surface area (Å²) in [7, 11) is 0. The second kappa shape index (κ2) is 5.73. The van der Waals surface area contributed by atoms with Crippen molar-refractivity contribution < 1.29 is 4.79 Å². The summed E-state index contributed by atoms with van der Waals surface area (Å²) in [5.74, 6) is 0.0739. The number of hydrogen-bond acceptors (Lipinski definition) is 1. The van der Waals surface area contributed by atoms with Gasteiger partial charge in [0.25, 0.3) is 5.91 Å². The number of rotatable bonds is 2. The first kappa shape index (κ1) is 14.7. The highest BCUT2D eigenvalue weighted by molar-refractivity contribution is 6.26. The van der Waals surface area contributed by atoms with Gasteiger partial charge in [0, 0.05) is 11.6 Å². The third-order valence-corrected chi connectivity index (χ3v) is 5.71. The molecule has 2 nitrogen and oxygen atoms in total. The van der Waals surface area contributed by atoms with Gasteiger partial charge in [-0.05, 0) is 51.2 Å². The van der Waals surface area contributed by atoms with Gasteiger partial charge in [-0.2, -0.15) is 0 Å². The van der Waals surface area contributed by atoms with Crippen LogP contribution in [0.2, 0.25) is 0 Å². The molecular weight excluding hydrogens is 306 g/mol. The molecule has 0 bridgehead atoms. The van der Waals surface area contributed by atoms with E-state index in [1.54, 1.807) is 0 Å². The van der Waals surface area contributed by atoms with E-state index in [4.69, 9.17) is 0 Å². The molecule has 0 saturated heterocycles. The van der Waals surface area contributed by atoms with E-state index in [9.17, 15) is 4.79 Å². The van der Waals surface area contributed by atoms with Gasteiger partial charge in [0.2, 0.25) is 0 Å². The lowest BCUT2D eigenvalue weighted by molar-refractivity contribution is 0.0929. The molecule has 1 aliphatic carbocycles. The summed E-state index contributed by atoms with van der Waals surface area (Å²) in [5.41, 5.74) is 0.802. The quantitative estimate of drug-likeness (QED) is 0.474. The number of hydrogen-bond donors (Lipinski definition) is 1. The van der Waals surface area contributed by atoms with Crippen LogP contribution in [0.4, 0.5) is 0 Å². The molecule has 5 rings (SSSR count). The smallest absolute Gasteiger partial charge is 0.252 e. The SMILES string of the molecule is O=C(NC1CCCCC1)c1ccc2ccc3cccc4ccc1c2c34. The minimum Gasteiger partial charge on any atom is -0.349 e. The molecule has 0 aliphatic heterocycles. The van der Waals surface area contributed by atoms with Crippen LogP contribution >= 0.6 is 0 Å². The Bertz CT molecular complexity index is 1060. The highest BCUT2D eigenvalue weighted by Gasteiger charge is 2.19. The molecule has 4 aromatic carbocycles. The first-order chi connectivity index (χ1) is 12.3. The van der Waals surface area contributed by atoms with Crippen molar-refractivity contribution in [1.29, 1.82) is 0 Å². The molecule has 1 amide bonds. The van der Waals surface area contributed by atoms with E-state index in [1.807, 2.05) is 6.07 Å². The van der Waals surface area contributed by atoms with Crippen LogP contribution < -0.4 is 5.32 Å². The number of carbonyl (C=O) groups excluding carboxylic acids is 1. The van der Waals surface area contributed by atoms with Gasteiger partial charge >= 0.3 is 0 Å². The Hall–Kier alpha value is -2.61. The summed E-state index contributed by atoms with van der Waals surface area (Å²) in [5, 5.41) is 10.5. The lowest BCUT2D eigenvalue weighted by atomic mass is 9.91. The molecule has 25 heavy (non-hydrogen) atoms. The Morgan fingerprint density at radius 2 is 1.40 bits per heavy atom. The van der Waals surface area contributed by atoms with E-state index in [0.29, 0.717) is 6.04 Å². The van der Waals surface area contributed by atoms with Crippen LogP contribution in [0.1, 0.15) is 42.5 Å². The molecule has 0 aromatic heterocycles. The second-order valence-electron chi connectivity index (χ2n) is 7.28. The summed E-state index contributed by atoms with van der Waals surface area (Å²) in [6.45, 7) is 0. The highest BCUT2D eigenvalue weighted by Crippen LogP contribution is 2.36. The lowest BCUT2D eigenvalue weighted by Crippen LogP contribution is -2.36. The molecule has 0 spiro atoms. The third kappa shape index (κ3) is 2.36. The third-order valence-electron chi connectivity index (χ3n) is 5.71. The summed E-state index contributed by atoms with van der Waals surface area (Å²) in [6, 6.07) is 19.4. The Balaban J connectivity index is 1.67. The van der Waals surface area contributed by atoms with Crippen molar-refractivity contribution in [2.45, 2.75) is 38.1 Å². The first-order valence-electron chi connectivity index (χ1n) is 9.29. The average Bonchev–Trinajstić information content (AvgIpc) is 2.67. The van der Waals surface area contributed by atoms with Crippen LogP contribution in [0, 0.1) is 0 Å². The molecular formula is C23H21NO. The zero-order valence-corrected chi connectivity index (χ0v) is 14.2. The van der Waals surface area contributed by atoms with Crippen LogP contribution in [0.5, 0.6) is 0 Å². The van der Waals surface area contributed by atoms with E-state index in [-0.39, 0.29) is 5.91 Å². The summed E-state index contributed by atoms with van der Waals surface area (Å²) < 4.78 is 0. The highest BCUT2D eigenvalue weighted by atomic mass is 16.1. The number of amides is 1. The number of nitrogens with one attached hydrogen (secondary N) is 1. The fraction of sp³-hybridized carbons (Fsp3) is 0.261. The molecule has 1 aliphatic rings. The molecule has 1 N–H and O–H groups in total. The van der Waals surface area contributed by atoms with Crippen LogP contribution in [0.15, 0.2) is 54.6 Å². The van der Waals surface area contributed by atoms with E-state index in [1.165, 1.54) is 46.2 Å². The lowest BCUT2D eigenvalue weighted by Gasteiger charge is -2.23. The van der Waals surface area contributed by atoms with Crippen molar-refractivity contribution in [3.05, 3.63) is 60.2 Å². The Kier molecular flexibility index (Phi) is 3.37. The van der Waals surface area contributed by atoms with Crippen LogP contribution in [0.25, 0.3) is 32.3 Å². The van der Waals surface area contributed by atoms with E-state index in [2.05, 4.69) is 53.8 Å². The summed E-state index contributed by atoms with van der Waals surface area (Å²) >= 11 is 0. The monoisotopic (exact) mass is 327 g/mol. The van der Waals surface area contributed by atoms with E-state index >= 15 is 0 Å². The van der Waals surface area contributed by atoms with Gasteiger partial charge in [0.15, 0.2) is 0 Å². The van der Waals surface area contributed by atoms with Gasteiger partial charge in [0.1, 0.15) is 0 Å². The number of benzene rings is 4. The fourth-order valence-electron chi connectivity index (χ4n) is 4.44. The molecule has 124 valence electrons. The maximum absolute atomic E-state index is 12.9. The van der Waals surface area contributed by atoms with Crippen LogP contribution in [-0.2, 0) is 0 Å². The van der Waals surface area contributed by atoms with Crippen molar-refractivity contribution in [2.75, 3.05) is 0 Å². The normalized spacial score (nSPS) is 16.0. The predicted molar refractivity (Wildman–Crippen MR) is 104 cm³/mol. The first-order valence-corrected chi connectivity index (χ1v) is 9.29. The molecule has 1 fully saturated rings. The van der Waals surface area contributed by atoms with Gasteiger partial charge in [0.05, 0.1) is 0 Å². The predicted octanol–water partition coefficient (Wildman–Crippen LogP) is 5.65.